The highest BCUT2D eigenvalue weighted by molar-refractivity contribution is 5.71. The molecular weight excluding hydrogens is 709 g/mol. The zero-order valence-corrected chi connectivity index (χ0v) is 39.1. The van der Waals surface area contributed by atoms with Gasteiger partial charge < -0.3 is 14.2 Å². The lowest BCUT2D eigenvalue weighted by Crippen LogP contribution is -2.30. The third-order valence-corrected chi connectivity index (χ3v) is 11.4. The van der Waals surface area contributed by atoms with Crippen LogP contribution < -0.4 is 0 Å². The second-order valence-electron chi connectivity index (χ2n) is 18.9. The van der Waals surface area contributed by atoms with E-state index in [0.29, 0.717) is 19.3 Å². The molecule has 0 N–H and O–H groups in total. The molecule has 0 unspecified atom stereocenters. The molecule has 0 bridgehead atoms. The van der Waals surface area contributed by atoms with Crippen LogP contribution in [0, 0.1) is 17.8 Å². The SMILES string of the molecule is CC(C)CCCCCCCCCCCCCCCC(=O)OC[C@H](COC(=O)CCCCCCCCC(C)C)OC(=O)CCCCCCCCCCCCCC(C)C. The van der Waals surface area contributed by atoms with E-state index in [2.05, 4.69) is 41.5 Å². The van der Waals surface area contributed by atoms with Crippen molar-refractivity contribution in [3.63, 3.8) is 0 Å². The first kappa shape index (κ1) is 55.4. The van der Waals surface area contributed by atoms with Gasteiger partial charge in [-0.05, 0) is 37.0 Å². The lowest BCUT2D eigenvalue weighted by molar-refractivity contribution is -0.167. The number of hydrogen-bond acceptors (Lipinski definition) is 6. The summed E-state index contributed by atoms with van der Waals surface area (Å²) in [5.74, 6) is 1.57. The molecule has 0 fully saturated rings. The van der Waals surface area contributed by atoms with Crippen LogP contribution in [0.15, 0.2) is 0 Å². The molecule has 0 aliphatic rings. The average Bonchev–Trinajstić information content (AvgIpc) is 3.16. The van der Waals surface area contributed by atoms with Crippen LogP contribution in [0.4, 0.5) is 0 Å². The smallest absolute Gasteiger partial charge is 0.306 e. The van der Waals surface area contributed by atoms with Crippen molar-refractivity contribution in [2.45, 2.75) is 279 Å². The number of carbonyl (C=O) groups is 3. The molecule has 0 aliphatic carbocycles. The van der Waals surface area contributed by atoms with E-state index in [1.54, 1.807) is 0 Å². The Labute approximate surface area is 355 Å². The van der Waals surface area contributed by atoms with Gasteiger partial charge in [0.25, 0.3) is 0 Å². The molecule has 0 saturated heterocycles. The van der Waals surface area contributed by atoms with Crippen molar-refractivity contribution in [3.05, 3.63) is 0 Å². The van der Waals surface area contributed by atoms with Gasteiger partial charge in [0.1, 0.15) is 13.2 Å². The molecule has 6 nitrogen and oxygen atoms in total. The van der Waals surface area contributed by atoms with Crippen LogP contribution in [0.1, 0.15) is 273 Å². The maximum atomic E-state index is 12.8. The van der Waals surface area contributed by atoms with Gasteiger partial charge in [0.15, 0.2) is 6.10 Å². The minimum Gasteiger partial charge on any atom is -0.462 e. The van der Waals surface area contributed by atoms with Crippen LogP contribution in [0.5, 0.6) is 0 Å². The van der Waals surface area contributed by atoms with Gasteiger partial charge in [-0.1, -0.05) is 234 Å². The topological polar surface area (TPSA) is 78.9 Å². The first-order valence-electron chi connectivity index (χ1n) is 25.1. The van der Waals surface area contributed by atoms with Crippen molar-refractivity contribution in [1.82, 2.24) is 0 Å². The normalized spacial score (nSPS) is 12.2. The molecule has 0 aromatic rings. The Morgan fingerprint density at radius 3 is 0.754 bits per heavy atom. The Hall–Kier alpha value is -1.59. The fourth-order valence-electron chi connectivity index (χ4n) is 7.59. The van der Waals surface area contributed by atoms with Gasteiger partial charge in [0, 0.05) is 19.3 Å². The van der Waals surface area contributed by atoms with Crippen LogP contribution in [-0.4, -0.2) is 37.2 Å². The average molecular weight is 807 g/mol. The largest absolute Gasteiger partial charge is 0.462 e. The van der Waals surface area contributed by atoms with E-state index in [-0.39, 0.29) is 31.1 Å². The quantitative estimate of drug-likeness (QED) is 0.0347. The molecule has 0 spiro atoms. The van der Waals surface area contributed by atoms with Gasteiger partial charge in [-0.15, -0.1) is 0 Å². The minimum atomic E-state index is -0.762. The maximum Gasteiger partial charge on any atom is 0.306 e. The summed E-state index contributed by atoms with van der Waals surface area (Å²) in [6.07, 6.45) is 41.0. The summed E-state index contributed by atoms with van der Waals surface area (Å²) >= 11 is 0. The molecule has 0 aliphatic heterocycles. The van der Waals surface area contributed by atoms with Gasteiger partial charge >= 0.3 is 17.9 Å². The highest BCUT2D eigenvalue weighted by atomic mass is 16.6. The maximum absolute atomic E-state index is 12.8. The second kappa shape index (κ2) is 42.5. The number of ether oxygens (including phenoxy) is 3. The van der Waals surface area contributed by atoms with Gasteiger partial charge in [0.2, 0.25) is 0 Å². The third-order valence-electron chi connectivity index (χ3n) is 11.4. The molecule has 0 aromatic heterocycles. The van der Waals surface area contributed by atoms with E-state index in [0.717, 1.165) is 75.5 Å². The molecule has 1 atom stereocenters. The van der Waals surface area contributed by atoms with Crippen molar-refractivity contribution in [2.75, 3.05) is 13.2 Å². The van der Waals surface area contributed by atoms with Crippen molar-refractivity contribution in [2.24, 2.45) is 17.8 Å². The van der Waals surface area contributed by atoms with E-state index in [1.165, 1.54) is 154 Å². The first-order chi connectivity index (χ1) is 27.6. The van der Waals surface area contributed by atoms with Crippen LogP contribution >= 0.6 is 0 Å². The Kier molecular flexibility index (Phi) is 41.3. The molecule has 57 heavy (non-hydrogen) atoms. The molecule has 338 valence electrons. The van der Waals surface area contributed by atoms with Gasteiger partial charge in [-0.25, -0.2) is 0 Å². The number of unbranched alkanes of at least 4 members (excludes halogenated alkanes) is 27. The van der Waals surface area contributed by atoms with E-state index >= 15 is 0 Å². The molecule has 0 rings (SSSR count). The van der Waals surface area contributed by atoms with Crippen LogP contribution in [0.3, 0.4) is 0 Å². The van der Waals surface area contributed by atoms with Gasteiger partial charge in [0.05, 0.1) is 0 Å². The van der Waals surface area contributed by atoms with Crippen molar-refractivity contribution in [1.29, 1.82) is 0 Å². The van der Waals surface area contributed by atoms with Crippen LogP contribution in [0.2, 0.25) is 0 Å². The lowest BCUT2D eigenvalue weighted by Gasteiger charge is -2.18. The summed E-state index contributed by atoms with van der Waals surface area (Å²) < 4.78 is 16.8. The molecule has 0 amide bonds. The number of hydrogen-bond donors (Lipinski definition) is 0. The summed E-state index contributed by atoms with van der Waals surface area (Å²) in [6, 6.07) is 0. The minimum absolute atomic E-state index is 0.0656. The Bertz CT molecular complexity index is 883. The van der Waals surface area contributed by atoms with Gasteiger partial charge in [-0.3, -0.25) is 14.4 Å². The van der Waals surface area contributed by atoms with E-state index in [1.807, 2.05) is 0 Å². The van der Waals surface area contributed by atoms with Crippen molar-refractivity contribution >= 4 is 17.9 Å². The number of rotatable bonds is 44. The summed E-state index contributed by atoms with van der Waals surface area (Å²) in [5.41, 5.74) is 0. The monoisotopic (exact) mass is 807 g/mol. The fourth-order valence-corrected chi connectivity index (χ4v) is 7.59. The lowest BCUT2D eigenvalue weighted by atomic mass is 10.0. The number of carbonyl (C=O) groups excluding carboxylic acids is 3. The highest BCUT2D eigenvalue weighted by Gasteiger charge is 2.19. The summed E-state index contributed by atoms with van der Waals surface area (Å²) in [5, 5.41) is 0. The Morgan fingerprint density at radius 1 is 0.298 bits per heavy atom. The standard InChI is InChI=1S/C51H98O6/c1-45(2)37-31-25-19-15-11-8-7-9-13-17-21-28-34-40-49(52)55-43-48(44-56-50(53)41-35-29-24-23-27-33-39-47(5)6)57-51(54)42-36-30-22-18-14-10-12-16-20-26-32-38-46(3)4/h45-48H,7-44H2,1-6H3/t48-/m1/s1. The fraction of sp³-hybridized carbons (Fsp3) is 0.941. The predicted molar refractivity (Wildman–Crippen MR) is 243 cm³/mol. The third kappa shape index (κ3) is 45.3. The van der Waals surface area contributed by atoms with Gasteiger partial charge in [-0.2, -0.15) is 0 Å². The summed E-state index contributed by atoms with van der Waals surface area (Å²) in [4.78, 5) is 37.8. The molecular formula is C51H98O6. The highest BCUT2D eigenvalue weighted by Crippen LogP contribution is 2.17. The summed E-state index contributed by atoms with van der Waals surface area (Å²) in [7, 11) is 0. The van der Waals surface area contributed by atoms with E-state index in [4.69, 9.17) is 14.2 Å². The molecule has 0 radical (unpaired) electrons. The van der Waals surface area contributed by atoms with Crippen LogP contribution in [-0.2, 0) is 28.6 Å². The Morgan fingerprint density at radius 2 is 0.509 bits per heavy atom. The molecule has 0 aromatic carbocycles. The first-order valence-corrected chi connectivity index (χ1v) is 25.1. The number of esters is 3. The van der Waals surface area contributed by atoms with Crippen LogP contribution in [0.25, 0.3) is 0 Å². The van der Waals surface area contributed by atoms with Crippen molar-refractivity contribution in [3.8, 4) is 0 Å². The van der Waals surface area contributed by atoms with E-state index in [9.17, 15) is 14.4 Å². The summed E-state index contributed by atoms with van der Waals surface area (Å²) in [6.45, 7) is 13.6. The molecule has 6 heteroatoms. The van der Waals surface area contributed by atoms with Crippen molar-refractivity contribution < 1.29 is 28.6 Å². The zero-order valence-electron chi connectivity index (χ0n) is 39.1. The zero-order chi connectivity index (χ0) is 42.0. The predicted octanol–water partition coefficient (Wildman–Crippen LogP) is 16.0. The molecule has 0 heterocycles. The molecule has 0 saturated carbocycles. The Balaban J connectivity index is 4.28. The van der Waals surface area contributed by atoms with E-state index < -0.39 is 6.10 Å². The second-order valence-corrected chi connectivity index (χ2v) is 18.9.